The molecular formula is C15H26N3+. The van der Waals surface area contributed by atoms with E-state index in [0.717, 1.165) is 23.4 Å². The summed E-state index contributed by atoms with van der Waals surface area (Å²) in [5.74, 6) is 0. The quantitative estimate of drug-likeness (QED) is 0.655. The molecule has 0 aromatic heterocycles. The van der Waals surface area contributed by atoms with Gasteiger partial charge in [-0.3, -0.25) is 0 Å². The number of nitrogens with zero attached hydrogens (tertiary/aromatic N) is 2. The molecule has 0 aliphatic carbocycles. The van der Waals surface area contributed by atoms with Crippen molar-refractivity contribution in [3.63, 3.8) is 0 Å². The van der Waals surface area contributed by atoms with Crippen molar-refractivity contribution >= 4 is 11.4 Å². The Hall–Kier alpha value is -1.06. The highest BCUT2D eigenvalue weighted by Gasteiger charge is 2.36. The molecule has 1 aromatic rings. The molecule has 1 aliphatic rings. The second-order valence-corrected chi connectivity index (χ2v) is 5.13. The molecule has 1 aromatic carbocycles. The summed E-state index contributed by atoms with van der Waals surface area (Å²) in [6.07, 6.45) is 3.99. The van der Waals surface area contributed by atoms with E-state index in [-0.39, 0.29) is 0 Å². The van der Waals surface area contributed by atoms with Gasteiger partial charge in [0, 0.05) is 19.2 Å². The van der Waals surface area contributed by atoms with E-state index in [4.69, 9.17) is 5.73 Å². The number of hydrogen-bond donors (Lipinski definition) is 1. The van der Waals surface area contributed by atoms with E-state index in [0.29, 0.717) is 0 Å². The van der Waals surface area contributed by atoms with Gasteiger partial charge in [0.1, 0.15) is 0 Å². The first-order valence-electron chi connectivity index (χ1n) is 7.22. The molecule has 18 heavy (non-hydrogen) atoms. The first-order valence-corrected chi connectivity index (χ1v) is 7.22. The summed E-state index contributed by atoms with van der Waals surface area (Å²) < 4.78 is 0.909. The number of anilines is 1. The normalized spacial score (nSPS) is 17.9. The highest BCUT2D eigenvalue weighted by atomic mass is 15.8. The van der Waals surface area contributed by atoms with Gasteiger partial charge in [0.25, 0.3) is 0 Å². The summed E-state index contributed by atoms with van der Waals surface area (Å²) in [5.41, 5.74) is 8.41. The van der Waals surface area contributed by atoms with Crippen LogP contribution in [0.15, 0.2) is 24.3 Å². The highest BCUT2D eigenvalue weighted by molar-refractivity contribution is 5.64. The van der Waals surface area contributed by atoms with Gasteiger partial charge in [0.05, 0.1) is 18.8 Å². The molecule has 1 saturated heterocycles. The molecule has 3 nitrogen and oxygen atoms in total. The molecule has 0 atom stereocenters. The van der Waals surface area contributed by atoms with Gasteiger partial charge in [-0.1, -0.05) is 18.6 Å². The second-order valence-electron chi connectivity index (χ2n) is 5.13. The van der Waals surface area contributed by atoms with E-state index in [1.165, 1.54) is 38.0 Å². The van der Waals surface area contributed by atoms with Crippen LogP contribution in [0.4, 0.5) is 11.4 Å². The lowest BCUT2D eigenvalue weighted by Crippen LogP contribution is -2.63. The molecule has 1 fully saturated rings. The number of nitrogens with two attached hydrogens (primary N) is 1. The van der Waals surface area contributed by atoms with Gasteiger partial charge in [-0.2, -0.15) is 0 Å². The van der Waals surface area contributed by atoms with Crippen molar-refractivity contribution in [3.05, 3.63) is 24.3 Å². The van der Waals surface area contributed by atoms with Crippen LogP contribution < -0.4 is 10.3 Å². The van der Waals surface area contributed by atoms with Gasteiger partial charge in [-0.05, 0) is 32.8 Å². The van der Waals surface area contributed by atoms with E-state index in [1.807, 2.05) is 12.1 Å². The van der Waals surface area contributed by atoms with Crippen molar-refractivity contribution in [3.8, 4) is 0 Å². The topological polar surface area (TPSA) is 29.3 Å². The van der Waals surface area contributed by atoms with Gasteiger partial charge >= 0.3 is 0 Å². The number of piperidine rings is 1. The van der Waals surface area contributed by atoms with Crippen LogP contribution in [0, 0.1) is 0 Å². The number of nitrogen functional groups attached to an aromatic ring is 1. The lowest BCUT2D eigenvalue weighted by atomic mass is 10.1. The van der Waals surface area contributed by atoms with E-state index in [1.54, 1.807) is 0 Å². The first-order chi connectivity index (χ1) is 8.74. The molecule has 2 N–H and O–H groups in total. The molecule has 0 unspecified atom stereocenters. The Bertz CT molecular complexity index is 379. The fraction of sp³-hybridized carbons (Fsp3) is 0.600. The molecule has 0 saturated carbocycles. The average molecular weight is 248 g/mol. The number of benzene rings is 1. The number of hydrogen-bond acceptors (Lipinski definition) is 2. The zero-order chi connectivity index (χ0) is 13.0. The Morgan fingerprint density at radius 1 is 1.06 bits per heavy atom. The monoisotopic (exact) mass is 248 g/mol. The zero-order valence-corrected chi connectivity index (χ0v) is 11.7. The van der Waals surface area contributed by atoms with Crippen LogP contribution in [0.25, 0.3) is 0 Å². The Morgan fingerprint density at radius 3 is 2.22 bits per heavy atom. The maximum absolute atomic E-state index is 6.22. The van der Waals surface area contributed by atoms with Crippen molar-refractivity contribution in [2.45, 2.75) is 33.1 Å². The van der Waals surface area contributed by atoms with Crippen molar-refractivity contribution in [2.24, 2.45) is 0 Å². The number of rotatable bonds is 4. The number of para-hydroxylation sites is 2. The summed E-state index contributed by atoms with van der Waals surface area (Å²) >= 11 is 0. The fourth-order valence-electron chi connectivity index (χ4n) is 3.24. The summed E-state index contributed by atoms with van der Waals surface area (Å²) in [6, 6.07) is 8.34. The van der Waals surface area contributed by atoms with E-state index < -0.39 is 0 Å². The second kappa shape index (κ2) is 5.72. The lowest BCUT2D eigenvalue weighted by molar-refractivity contribution is -0.0230. The third-order valence-corrected chi connectivity index (χ3v) is 4.31. The molecular weight excluding hydrogens is 222 g/mol. The Morgan fingerprint density at radius 2 is 1.67 bits per heavy atom. The van der Waals surface area contributed by atoms with Crippen LogP contribution in [0.1, 0.15) is 33.1 Å². The third kappa shape index (κ3) is 2.25. The van der Waals surface area contributed by atoms with Crippen LogP contribution in [0.2, 0.25) is 0 Å². The van der Waals surface area contributed by atoms with Crippen molar-refractivity contribution in [1.82, 2.24) is 9.60 Å². The van der Waals surface area contributed by atoms with Gasteiger partial charge in [0.2, 0.25) is 0 Å². The van der Waals surface area contributed by atoms with Gasteiger partial charge < -0.3 is 5.73 Å². The van der Waals surface area contributed by atoms with Crippen LogP contribution in [0.3, 0.4) is 0 Å². The van der Waals surface area contributed by atoms with Gasteiger partial charge in [0.15, 0.2) is 5.69 Å². The predicted molar refractivity (Wildman–Crippen MR) is 79.2 cm³/mol. The average Bonchev–Trinajstić information content (AvgIpc) is 2.44. The summed E-state index contributed by atoms with van der Waals surface area (Å²) in [5, 5.41) is 2.61. The minimum absolute atomic E-state index is 0.909. The standard InChI is InChI=1S/C15H26N3/c1-3-18(4-2,17-12-8-5-9-13-17)15-11-7-6-10-14(15)16/h6-7,10-11H,3-5,8-9,12-13,16H2,1-2H3/q+1. The molecule has 100 valence electrons. The van der Waals surface area contributed by atoms with Crippen LogP contribution in [0.5, 0.6) is 0 Å². The lowest BCUT2D eigenvalue weighted by Gasteiger charge is -2.46. The molecule has 1 aliphatic heterocycles. The first kappa shape index (κ1) is 13.4. The van der Waals surface area contributed by atoms with Crippen molar-refractivity contribution in [1.29, 1.82) is 0 Å². The Labute approximate surface area is 111 Å². The largest absolute Gasteiger partial charge is 0.394 e. The van der Waals surface area contributed by atoms with Crippen LogP contribution in [-0.2, 0) is 0 Å². The van der Waals surface area contributed by atoms with Crippen molar-refractivity contribution in [2.75, 3.05) is 31.9 Å². The van der Waals surface area contributed by atoms with Gasteiger partial charge in [-0.15, -0.1) is 5.01 Å². The zero-order valence-electron chi connectivity index (χ0n) is 11.7. The Kier molecular flexibility index (Phi) is 4.25. The number of quaternary nitrogens is 1. The van der Waals surface area contributed by atoms with Gasteiger partial charge in [-0.25, -0.2) is 4.59 Å². The van der Waals surface area contributed by atoms with Crippen molar-refractivity contribution < 1.29 is 0 Å². The van der Waals surface area contributed by atoms with E-state index in [9.17, 15) is 0 Å². The fourth-order valence-corrected chi connectivity index (χ4v) is 3.24. The molecule has 3 heteroatoms. The van der Waals surface area contributed by atoms with E-state index in [2.05, 4.69) is 31.0 Å². The molecule has 1 heterocycles. The maximum Gasteiger partial charge on any atom is 0.175 e. The summed E-state index contributed by atoms with van der Waals surface area (Å²) in [6.45, 7) is 9.07. The predicted octanol–water partition coefficient (Wildman–Crippen LogP) is 3.02. The molecule has 0 spiro atoms. The smallest absolute Gasteiger partial charge is 0.175 e. The maximum atomic E-state index is 6.22. The molecule has 0 bridgehead atoms. The molecule has 0 radical (unpaired) electrons. The van der Waals surface area contributed by atoms with Crippen LogP contribution in [-0.4, -0.2) is 31.2 Å². The minimum atomic E-state index is 0.909. The summed E-state index contributed by atoms with van der Waals surface area (Å²) in [4.78, 5) is 0. The van der Waals surface area contributed by atoms with E-state index >= 15 is 0 Å². The highest BCUT2D eigenvalue weighted by Crippen LogP contribution is 2.33. The molecule has 2 rings (SSSR count). The summed E-state index contributed by atoms with van der Waals surface area (Å²) in [7, 11) is 0. The Balaban J connectivity index is 2.39. The third-order valence-electron chi connectivity index (χ3n) is 4.31. The minimum Gasteiger partial charge on any atom is -0.394 e. The molecule has 0 amide bonds. The van der Waals surface area contributed by atoms with Crippen LogP contribution >= 0.6 is 0 Å². The SMILES string of the molecule is CC[N+](CC)(c1ccccc1N)N1CCCCC1.